The number of thiazole rings is 1. The van der Waals surface area contributed by atoms with Crippen LogP contribution < -0.4 is 5.32 Å². The summed E-state index contributed by atoms with van der Waals surface area (Å²) >= 11 is 7.66. The molecule has 90 valence electrons. The lowest BCUT2D eigenvalue weighted by molar-refractivity contribution is 0.521. The zero-order valence-electron chi connectivity index (χ0n) is 9.79. The Morgan fingerprint density at radius 2 is 2.29 bits per heavy atom. The van der Waals surface area contributed by atoms with E-state index in [9.17, 15) is 0 Å². The fraction of sp³-hybridized carbons (Fsp3) is 0.462. The molecule has 2 nitrogen and oxygen atoms in total. The Labute approximate surface area is 110 Å². The lowest BCUT2D eigenvalue weighted by Gasteiger charge is -2.11. The van der Waals surface area contributed by atoms with Gasteiger partial charge in [-0.3, -0.25) is 0 Å². The molecular weight excluding hydrogens is 252 g/mol. The predicted molar refractivity (Wildman–Crippen MR) is 75.1 cm³/mol. The van der Waals surface area contributed by atoms with E-state index in [4.69, 9.17) is 11.6 Å². The summed E-state index contributed by atoms with van der Waals surface area (Å²) in [6.07, 6.45) is 3.97. The third-order valence-electron chi connectivity index (χ3n) is 3.67. The Hall–Kier alpha value is -0.800. The molecule has 0 spiro atoms. The van der Waals surface area contributed by atoms with E-state index in [1.54, 1.807) is 11.3 Å². The lowest BCUT2D eigenvalue weighted by Crippen LogP contribution is -2.13. The second kappa shape index (κ2) is 4.14. The van der Waals surface area contributed by atoms with Crippen LogP contribution in [0.3, 0.4) is 0 Å². The van der Waals surface area contributed by atoms with Crippen LogP contribution in [0.4, 0.5) is 5.13 Å². The molecule has 2 aromatic rings. The Bertz CT molecular complexity index is 545. The van der Waals surface area contributed by atoms with Crippen LogP contribution in [0.15, 0.2) is 18.2 Å². The molecule has 3 rings (SSSR count). The largest absolute Gasteiger partial charge is 0.361 e. The van der Waals surface area contributed by atoms with Gasteiger partial charge in [0.1, 0.15) is 0 Å². The van der Waals surface area contributed by atoms with E-state index >= 15 is 0 Å². The van der Waals surface area contributed by atoms with E-state index in [2.05, 4.69) is 17.2 Å². The average molecular weight is 267 g/mol. The molecule has 1 heterocycles. The quantitative estimate of drug-likeness (QED) is 0.878. The topological polar surface area (TPSA) is 24.9 Å². The van der Waals surface area contributed by atoms with Gasteiger partial charge in [0.25, 0.3) is 0 Å². The highest BCUT2D eigenvalue weighted by Crippen LogP contribution is 2.48. The lowest BCUT2D eigenvalue weighted by atomic mass is 10.0. The molecule has 0 bridgehead atoms. The molecule has 0 saturated heterocycles. The summed E-state index contributed by atoms with van der Waals surface area (Å²) in [7, 11) is 0. The van der Waals surface area contributed by atoms with Gasteiger partial charge in [0, 0.05) is 11.6 Å². The molecule has 0 atom stereocenters. The summed E-state index contributed by atoms with van der Waals surface area (Å²) in [4.78, 5) is 4.56. The van der Waals surface area contributed by atoms with E-state index in [1.807, 2.05) is 18.2 Å². The number of anilines is 1. The van der Waals surface area contributed by atoms with Gasteiger partial charge in [-0.1, -0.05) is 29.9 Å². The zero-order chi connectivity index (χ0) is 11.9. The number of hydrogen-bond acceptors (Lipinski definition) is 3. The second-order valence-electron chi connectivity index (χ2n) is 4.84. The number of aromatic nitrogens is 1. The number of hydrogen-bond donors (Lipinski definition) is 1. The average Bonchev–Trinajstić information content (AvgIpc) is 3.00. The van der Waals surface area contributed by atoms with Crippen molar-refractivity contribution >= 4 is 38.3 Å². The maximum absolute atomic E-state index is 5.95. The molecule has 1 aliphatic rings. The standard InChI is InChI=1S/C13H15ClN2S/c1-2-13(5-6-13)8-15-12-16-10-7-9(14)3-4-11(10)17-12/h3-4,7H,2,5-6,8H2,1H3,(H,15,16). The maximum atomic E-state index is 5.95. The van der Waals surface area contributed by atoms with Crippen LogP contribution in [-0.4, -0.2) is 11.5 Å². The van der Waals surface area contributed by atoms with Crippen LogP contribution in [0.1, 0.15) is 26.2 Å². The number of nitrogens with one attached hydrogen (secondary N) is 1. The third-order valence-corrected chi connectivity index (χ3v) is 4.90. The van der Waals surface area contributed by atoms with E-state index in [0.717, 1.165) is 22.2 Å². The van der Waals surface area contributed by atoms with Gasteiger partial charge in [-0.15, -0.1) is 0 Å². The molecule has 1 N–H and O–H groups in total. The van der Waals surface area contributed by atoms with Gasteiger partial charge >= 0.3 is 0 Å². The molecule has 1 aromatic carbocycles. The summed E-state index contributed by atoms with van der Waals surface area (Å²) in [5.41, 5.74) is 1.54. The maximum Gasteiger partial charge on any atom is 0.183 e. The number of nitrogens with zero attached hydrogens (tertiary/aromatic N) is 1. The first kappa shape index (κ1) is 11.3. The molecule has 0 unspecified atom stereocenters. The van der Waals surface area contributed by atoms with Gasteiger partial charge < -0.3 is 5.32 Å². The SMILES string of the molecule is CCC1(CNc2nc3cc(Cl)ccc3s2)CC1. The van der Waals surface area contributed by atoms with Crippen LogP contribution in [-0.2, 0) is 0 Å². The van der Waals surface area contributed by atoms with Gasteiger partial charge in [0.05, 0.1) is 10.2 Å². The molecule has 1 fully saturated rings. The fourth-order valence-corrected chi connectivity index (χ4v) is 3.08. The van der Waals surface area contributed by atoms with Crippen LogP contribution >= 0.6 is 22.9 Å². The number of fused-ring (bicyclic) bond motifs is 1. The minimum absolute atomic E-state index is 0.551. The Balaban J connectivity index is 1.77. The first-order chi connectivity index (χ1) is 8.21. The van der Waals surface area contributed by atoms with E-state index in [0.29, 0.717) is 5.41 Å². The monoisotopic (exact) mass is 266 g/mol. The number of halogens is 1. The van der Waals surface area contributed by atoms with Crippen molar-refractivity contribution in [3.05, 3.63) is 23.2 Å². The zero-order valence-corrected chi connectivity index (χ0v) is 11.4. The molecule has 1 aliphatic carbocycles. The van der Waals surface area contributed by atoms with E-state index in [-0.39, 0.29) is 0 Å². The van der Waals surface area contributed by atoms with Gasteiger partial charge in [-0.05, 0) is 42.9 Å². The molecule has 0 aliphatic heterocycles. The Morgan fingerprint density at radius 1 is 1.47 bits per heavy atom. The van der Waals surface area contributed by atoms with E-state index in [1.165, 1.54) is 24.0 Å². The summed E-state index contributed by atoms with van der Waals surface area (Å²) in [6.45, 7) is 3.32. The molecule has 1 saturated carbocycles. The molecule has 0 radical (unpaired) electrons. The minimum atomic E-state index is 0.551. The van der Waals surface area contributed by atoms with Crippen molar-refractivity contribution < 1.29 is 0 Å². The van der Waals surface area contributed by atoms with Crippen LogP contribution in [0, 0.1) is 5.41 Å². The molecule has 0 amide bonds. The summed E-state index contributed by atoms with van der Waals surface area (Å²) in [6, 6.07) is 5.87. The van der Waals surface area contributed by atoms with Crippen molar-refractivity contribution in [1.82, 2.24) is 4.98 Å². The van der Waals surface area contributed by atoms with Crippen LogP contribution in [0.25, 0.3) is 10.2 Å². The normalized spacial score (nSPS) is 17.3. The molecule has 4 heteroatoms. The minimum Gasteiger partial charge on any atom is -0.361 e. The first-order valence-electron chi connectivity index (χ1n) is 6.01. The first-order valence-corrected chi connectivity index (χ1v) is 7.20. The van der Waals surface area contributed by atoms with Crippen LogP contribution in [0.5, 0.6) is 0 Å². The number of rotatable bonds is 4. The fourth-order valence-electron chi connectivity index (χ4n) is 2.07. The van der Waals surface area contributed by atoms with Crippen molar-refractivity contribution in [1.29, 1.82) is 0 Å². The summed E-state index contributed by atoms with van der Waals surface area (Å²) < 4.78 is 1.19. The highest BCUT2D eigenvalue weighted by molar-refractivity contribution is 7.22. The highest BCUT2D eigenvalue weighted by Gasteiger charge is 2.40. The van der Waals surface area contributed by atoms with Gasteiger partial charge in [-0.25, -0.2) is 4.98 Å². The molecule has 1 aromatic heterocycles. The Morgan fingerprint density at radius 3 is 3.00 bits per heavy atom. The molecular formula is C13H15ClN2S. The Kier molecular flexibility index (Phi) is 2.75. The number of benzene rings is 1. The summed E-state index contributed by atoms with van der Waals surface area (Å²) in [5.74, 6) is 0. The van der Waals surface area contributed by atoms with Crippen molar-refractivity contribution in [2.45, 2.75) is 26.2 Å². The van der Waals surface area contributed by atoms with Gasteiger partial charge in [-0.2, -0.15) is 0 Å². The van der Waals surface area contributed by atoms with Crippen molar-refractivity contribution in [3.8, 4) is 0 Å². The predicted octanol–water partition coefficient (Wildman–Crippen LogP) is 4.55. The highest BCUT2D eigenvalue weighted by atomic mass is 35.5. The third kappa shape index (κ3) is 2.26. The second-order valence-corrected chi connectivity index (χ2v) is 6.31. The van der Waals surface area contributed by atoms with Gasteiger partial charge in [0.15, 0.2) is 5.13 Å². The van der Waals surface area contributed by atoms with E-state index < -0.39 is 0 Å². The van der Waals surface area contributed by atoms with Crippen molar-refractivity contribution in [2.24, 2.45) is 5.41 Å². The van der Waals surface area contributed by atoms with Crippen molar-refractivity contribution in [3.63, 3.8) is 0 Å². The summed E-state index contributed by atoms with van der Waals surface area (Å²) in [5, 5.41) is 5.24. The van der Waals surface area contributed by atoms with Crippen molar-refractivity contribution in [2.75, 3.05) is 11.9 Å². The van der Waals surface area contributed by atoms with Crippen LogP contribution in [0.2, 0.25) is 5.02 Å². The van der Waals surface area contributed by atoms with Gasteiger partial charge in [0.2, 0.25) is 0 Å². The molecule has 17 heavy (non-hydrogen) atoms. The smallest absolute Gasteiger partial charge is 0.183 e.